The van der Waals surface area contributed by atoms with Gasteiger partial charge in [-0.1, -0.05) is 24.6 Å². The molecule has 0 unspecified atom stereocenters. The Morgan fingerprint density at radius 1 is 1.44 bits per heavy atom. The molecule has 0 bridgehead atoms. The fourth-order valence-corrected chi connectivity index (χ4v) is 2.01. The molecule has 2 aromatic rings. The van der Waals surface area contributed by atoms with E-state index in [-0.39, 0.29) is 10.7 Å². The molecule has 0 saturated carbocycles. The second kappa shape index (κ2) is 5.78. The van der Waals surface area contributed by atoms with Crippen LogP contribution in [0.15, 0.2) is 35.4 Å². The van der Waals surface area contributed by atoms with Crippen LogP contribution in [0.25, 0.3) is 0 Å². The molecule has 0 atom stereocenters. The maximum Gasteiger partial charge on any atom is 0.254 e. The summed E-state index contributed by atoms with van der Waals surface area (Å²) in [6.07, 6.45) is 4.98. The topological polar surface area (TPSA) is 47.8 Å². The summed E-state index contributed by atoms with van der Waals surface area (Å²) in [6, 6.07) is 5.23. The van der Waals surface area contributed by atoms with Crippen molar-refractivity contribution < 1.29 is 0 Å². The summed E-state index contributed by atoms with van der Waals surface area (Å²) >= 11 is 5.78. The summed E-state index contributed by atoms with van der Waals surface area (Å²) in [4.78, 5) is 20.1. The van der Waals surface area contributed by atoms with Gasteiger partial charge in [0.2, 0.25) is 0 Å². The highest BCUT2D eigenvalue weighted by molar-refractivity contribution is 6.29. The van der Waals surface area contributed by atoms with Crippen LogP contribution in [-0.4, -0.2) is 14.5 Å². The maximum absolute atomic E-state index is 11.9. The summed E-state index contributed by atoms with van der Waals surface area (Å²) in [6.45, 7) is 2.55. The molecule has 5 heteroatoms. The first kappa shape index (κ1) is 12.8. The van der Waals surface area contributed by atoms with Crippen LogP contribution in [0, 0.1) is 0 Å². The first-order valence-electron chi connectivity index (χ1n) is 5.86. The molecule has 18 heavy (non-hydrogen) atoms. The lowest BCUT2D eigenvalue weighted by atomic mass is 10.2. The van der Waals surface area contributed by atoms with Crippen LogP contribution in [0.5, 0.6) is 0 Å². The summed E-state index contributed by atoms with van der Waals surface area (Å²) in [5, 5.41) is 0.259. The second-order valence-electron chi connectivity index (χ2n) is 3.95. The number of aromatic nitrogens is 3. The Bertz CT molecular complexity index is 581. The zero-order valence-electron chi connectivity index (χ0n) is 10.1. The van der Waals surface area contributed by atoms with Crippen molar-refractivity contribution in [3.8, 4) is 0 Å². The van der Waals surface area contributed by atoms with Crippen LogP contribution in [0.3, 0.4) is 0 Å². The van der Waals surface area contributed by atoms with Crippen molar-refractivity contribution in [2.45, 2.75) is 26.3 Å². The van der Waals surface area contributed by atoms with Gasteiger partial charge < -0.3 is 0 Å². The largest absolute Gasteiger partial charge is 0.296 e. The van der Waals surface area contributed by atoms with Crippen molar-refractivity contribution in [1.82, 2.24) is 14.5 Å². The van der Waals surface area contributed by atoms with Gasteiger partial charge in [-0.15, -0.1) is 0 Å². The molecule has 0 saturated heterocycles. The van der Waals surface area contributed by atoms with Crippen molar-refractivity contribution in [1.29, 1.82) is 0 Å². The van der Waals surface area contributed by atoms with Gasteiger partial charge >= 0.3 is 0 Å². The van der Waals surface area contributed by atoms with E-state index in [1.807, 2.05) is 19.1 Å². The number of halogens is 1. The molecule has 0 amide bonds. The monoisotopic (exact) mass is 263 g/mol. The summed E-state index contributed by atoms with van der Waals surface area (Å²) < 4.78 is 1.67. The number of aryl methyl sites for hydroxylation is 2. The number of hydrogen-bond acceptors (Lipinski definition) is 3. The molecule has 0 aliphatic carbocycles. The first-order chi connectivity index (χ1) is 8.70. The SMILES string of the molecule is CCc1nc(Cl)cc(=O)n1CCc1cccnc1. The summed E-state index contributed by atoms with van der Waals surface area (Å²) in [7, 11) is 0. The van der Waals surface area contributed by atoms with E-state index in [1.165, 1.54) is 6.07 Å². The molecule has 0 aliphatic rings. The third kappa shape index (κ3) is 2.96. The minimum atomic E-state index is -0.101. The van der Waals surface area contributed by atoms with E-state index in [2.05, 4.69) is 9.97 Å². The normalized spacial score (nSPS) is 10.6. The number of hydrogen-bond donors (Lipinski definition) is 0. The quantitative estimate of drug-likeness (QED) is 0.794. The van der Waals surface area contributed by atoms with E-state index in [0.29, 0.717) is 13.0 Å². The van der Waals surface area contributed by atoms with Gasteiger partial charge in [-0.3, -0.25) is 14.3 Å². The lowest BCUT2D eigenvalue weighted by molar-refractivity contribution is 0.612. The lowest BCUT2D eigenvalue weighted by Crippen LogP contribution is -2.25. The van der Waals surface area contributed by atoms with Gasteiger partial charge in [-0.05, 0) is 18.1 Å². The zero-order chi connectivity index (χ0) is 13.0. The van der Waals surface area contributed by atoms with Crippen molar-refractivity contribution >= 4 is 11.6 Å². The Balaban J connectivity index is 2.22. The summed E-state index contributed by atoms with van der Waals surface area (Å²) in [5.41, 5.74) is 0.997. The van der Waals surface area contributed by atoms with Crippen molar-refractivity contribution in [3.05, 3.63) is 57.5 Å². The van der Waals surface area contributed by atoms with Gasteiger partial charge in [0.15, 0.2) is 0 Å². The molecule has 2 heterocycles. The smallest absolute Gasteiger partial charge is 0.254 e. The average Bonchev–Trinajstić information content (AvgIpc) is 2.38. The van der Waals surface area contributed by atoms with Crippen LogP contribution < -0.4 is 5.56 Å². The molecule has 2 aromatic heterocycles. The van der Waals surface area contributed by atoms with Crippen LogP contribution in [0.4, 0.5) is 0 Å². The molecule has 0 fully saturated rings. The van der Waals surface area contributed by atoms with Crippen LogP contribution in [0.2, 0.25) is 5.15 Å². The molecule has 0 spiro atoms. The Morgan fingerprint density at radius 2 is 2.28 bits per heavy atom. The standard InChI is InChI=1S/C13H14ClN3O/c1-2-12-16-11(14)8-13(18)17(12)7-5-10-4-3-6-15-9-10/h3-4,6,8-9H,2,5,7H2,1H3. The first-order valence-corrected chi connectivity index (χ1v) is 6.23. The second-order valence-corrected chi connectivity index (χ2v) is 4.34. The highest BCUT2D eigenvalue weighted by Gasteiger charge is 2.06. The molecular weight excluding hydrogens is 250 g/mol. The summed E-state index contributed by atoms with van der Waals surface area (Å²) in [5.74, 6) is 0.719. The Kier molecular flexibility index (Phi) is 4.10. The lowest BCUT2D eigenvalue weighted by Gasteiger charge is -2.10. The molecule has 94 valence electrons. The molecule has 0 aromatic carbocycles. The van der Waals surface area contributed by atoms with E-state index in [4.69, 9.17) is 11.6 Å². The minimum Gasteiger partial charge on any atom is -0.296 e. The van der Waals surface area contributed by atoms with Gasteiger partial charge in [0.1, 0.15) is 11.0 Å². The van der Waals surface area contributed by atoms with E-state index in [9.17, 15) is 4.79 Å². The van der Waals surface area contributed by atoms with Crippen molar-refractivity contribution in [2.24, 2.45) is 0 Å². The third-order valence-corrected chi connectivity index (χ3v) is 2.91. The van der Waals surface area contributed by atoms with Crippen LogP contribution >= 0.6 is 11.6 Å². The Labute approximate surface area is 110 Å². The maximum atomic E-state index is 11.9. The molecular formula is C13H14ClN3O. The highest BCUT2D eigenvalue weighted by Crippen LogP contribution is 2.05. The van der Waals surface area contributed by atoms with Gasteiger partial charge in [0.25, 0.3) is 5.56 Å². The zero-order valence-corrected chi connectivity index (χ0v) is 10.9. The van der Waals surface area contributed by atoms with E-state index in [1.54, 1.807) is 17.0 Å². The third-order valence-electron chi connectivity index (χ3n) is 2.72. The predicted molar refractivity (Wildman–Crippen MR) is 70.8 cm³/mol. The average molecular weight is 264 g/mol. The van der Waals surface area contributed by atoms with Crippen molar-refractivity contribution in [2.75, 3.05) is 0 Å². The van der Waals surface area contributed by atoms with E-state index < -0.39 is 0 Å². The van der Waals surface area contributed by atoms with E-state index >= 15 is 0 Å². The Morgan fingerprint density at radius 3 is 2.94 bits per heavy atom. The van der Waals surface area contributed by atoms with E-state index in [0.717, 1.165) is 17.8 Å². The Hall–Kier alpha value is -1.68. The predicted octanol–water partition coefficient (Wildman–Crippen LogP) is 2.10. The fraction of sp³-hybridized carbons (Fsp3) is 0.308. The van der Waals surface area contributed by atoms with Crippen LogP contribution in [-0.2, 0) is 19.4 Å². The van der Waals surface area contributed by atoms with Gasteiger partial charge in [0.05, 0.1) is 0 Å². The van der Waals surface area contributed by atoms with Crippen LogP contribution in [0.1, 0.15) is 18.3 Å². The molecule has 0 aliphatic heterocycles. The van der Waals surface area contributed by atoms with Crippen molar-refractivity contribution in [3.63, 3.8) is 0 Å². The molecule has 0 N–H and O–H groups in total. The molecule has 4 nitrogen and oxygen atoms in total. The van der Waals surface area contributed by atoms with Gasteiger partial charge in [0, 0.05) is 31.4 Å². The fourth-order valence-electron chi connectivity index (χ4n) is 1.82. The van der Waals surface area contributed by atoms with Gasteiger partial charge in [-0.2, -0.15) is 0 Å². The van der Waals surface area contributed by atoms with Gasteiger partial charge in [-0.25, -0.2) is 4.98 Å². The molecule has 0 radical (unpaired) electrons. The minimum absolute atomic E-state index is 0.101. The number of rotatable bonds is 4. The molecule has 2 rings (SSSR count). The highest BCUT2D eigenvalue weighted by atomic mass is 35.5. The number of nitrogens with zero attached hydrogens (tertiary/aromatic N) is 3. The number of pyridine rings is 1.